The van der Waals surface area contributed by atoms with Crippen molar-refractivity contribution in [3.05, 3.63) is 323 Å². The van der Waals surface area contributed by atoms with E-state index >= 15 is 4.79 Å². The van der Waals surface area contributed by atoms with Gasteiger partial charge in [0, 0.05) is 0 Å². The molecule has 4 aliphatic rings. The second kappa shape index (κ2) is 38.4. The number of hydrogen-bond acceptors (Lipinski definition) is 27. The van der Waals surface area contributed by atoms with Crippen LogP contribution in [0.15, 0.2) is 273 Å². The molecular weight excluding hydrogens is 1560 g/mol. The molecule has 0 spiro atoms. The number of ether oxygens (including phenoxy) is 17. The average Bonchev–Trinajstić information content (AvgIpc) is 1.64. The first-order valence-electron chi connectivity index (χ1n) is 35.9. The third-order valence-electron chi connectivity index (χ3n) is 18.2. The summed E-state index contributed by atoms with van der Waals surface area (Å²) < 4.78 is 106. The van der Waals surface area contributed by atoms with E-state index < -0.39 is 188 Å². The van der Waals surface area contributed by atoms with E-state index in [1.54, 1.807) is 164 Å². The molecule has 9 aromatic carbocycles. The van der Waals surface area contributed by atoms with Gasteiger partial charge in [-0.1, -0.05) is 199 Å². The zero-order valence-corrected chi connectivity index (χ0v) is 62.6. The van der Waals surface area contributed by atoms with E-state index in [-0.39, 0.29) is 50.1 Å². The maximum absolute atomic E-state index is 15.0. The van der Waals surface area contributed by atoms with Crippen molar-refractivity contribution in [2.75, 3.05) is 26.4 Å². The molecule has 0 unspecified atom stereocenters. The fourth-order valence-corrected chi connectivity index (χ4v) is 12.7. The lowest BCUT2D eigenvalue weighted by atomic mass is 10.1. The molecule has 16 atom stereocenters. The van der Waals surface area contributed by atoms with Gasteiger partial charge >= 0.3 is 53.7 Å². The molecule has 0 saturated carbocycles. The molecule has 30 heteroatoms. The molecule has 0 radical (unpaired) electrons. The first-order valence-corrected chi connectivity index (χ1v) is 37.0. The van der Waals surface area contributed by atoms with Crippen LogP contribution in [-0.2, 0) is 80.5 Å². The number of hydrogen-bond donors (Lipinski definition) is 1. The zero-order chi connectivity index (χ0) is 80.4. The van der Waals surface area contributed by atoms with E-state index in [0.717, 1.165) is 0 Å². The lowest BCUT2D eigenvalue weighted by Crippen LogP contribution is -2.48. The Bertz CT molecular complexity index is 4820. The zero-order valence-electron chi connectivity index (χ0n) is 60.3. The molecule has 13 rings (SSSR count). The predicted molar refractivity (Wildman–Crippen MR) is 403 cm³/mol. The molecule has 27 nitrogen and oxygen atoms in total. The third kappa shape index (κ3) is 20.8. The first kappa shape index (κ1) is 81.3. The van der Waals surface area contributed by atoms with E-state index in [1.807, 2.05) is 0 Å². The summed E-state index contributed by atoms with van der Waals surface area (Å²) in [4.78, 5) is 129. The maximum Gasteiger partial charge on any atom is 0.338 e. The quantitative estimate of drug-likeness (QED) is 0.0150. The largest absolute Gasteiger partial charge is 0.459 e. The Hall–Kier alpha value is -11.7. The molecule has 4 heterocycles. The van der Waals surface area contributed by atoms with Gasteiger partial charge in [0.15, 0.2) is 55.5 Å². The van der Waals surface area contributed by atoms with Gasteiger partial charge in [0.05, 0.1) is 63.3 Å². The number of esters is 9. The van der Waals surface area contributed by atoms with E-state index in [9.17, 15) is 38.4 Å². The Kier molecular flexibility index (Phi) is 27.1. The molecule has 592 valence electrons. The van der Waals surface area contributed by atoms with E-state index in [1.165, 1.54) is 109 Å². The van der Waals surface area contributed by atoms with Gasteiger partial charge in [-0.25, -0.2) is 43.2 Å². The highest BCUT2D eigenvalue weighted by Gasteiger charge is 2.60. The molecule has 4 aliphatic heterocycles. The van der Waals surface area contributed by atoms with Gasteiger partial charge < -0.3 is 80.5 Å². The Morgan fingerprint density at radius 1 is 0.252 bits per heavy atom. The van der Waals surface area contributed by atoms with Crippen LogP contribution in [0.25, 0.3) is 0 Å². The van der Waals surface area contributed by atoms with Crippen molar-refractivity contribution >= 4 is 94.4 Å². The van der Waals surface area contributed by atoms with Gasteiger partial charge in [-0.2, -0.15) is 0 Å². The van der Waals surface area contributed by atoms with Crippen LogP contribution < -0.4 is 0 Å². The van der Waals surface area contributed by atoms with Crippen molar-refractivity contribution < 1.29 is 124 Å². The monoisotopic (exact) mass is 1630 g/mol. The highest BCUT2D eigenvalue weighted by Crippen LogP contribution is 2.40. The van der Waals surface area contributed by atoms with Crippen molar-refractivity contribution in [1.82, 2.24) is 0 Å². The van der Waals surface area contributed by atoms with Crippen LogP contribution in [0.3, 0.4) is 0 Å². The molecule has 0 amide bonds. The van der Waals surface area contributed by atoms with Crippen molar-refractivity contribution in [2.24, 2.45) is 0 Å². The van der Waals surface area contributed by atoms with E-state index in [4.69, 9.17) is 121 Å². The Morgan fingerprint density at radius 2 is 0.452 bits per heavy atom. The summed E-state index contributed by atoms with van der Waals surface area (Å²) in [6, 6.07) is 69.3. The first-order chi connectivity index (χ1) is 55.8. The number of carbonyl (C=O) groups excluding carboxylic acids is 9. The second-order valence-corrected chi connectivity index (χ2v) is 28.2. The standard InChI is InChI=1S/C85H70Cl3NO26/c86-85(87,88)84(89)115-83-70(113-79(98)58-44-26-9-27-45-58)65(109-75(94)54-36-18-5-19-37-54)61(106-83)48-101-81-68(111-77(96)56-40-22-7-23-41-56)66(114-82-69(112-78(97)57-42-24-8-25-43-57)64(108-74(93)53-34-16-4-17-35-53)60(105-82)47-100-72(91)51-30-12-2-13-31-51)62(104-81)49-102-80-67(110-76(95)55-38-20-6-21-39-55)63(107-73(92)52-32-14-3-15-33-52)59(103-80)46-99-71(90)50-28-10-1-11-29-50/h1-45,59-70,80-83,89H,46-49H2/t59-,60-,61-,62-,63-,64-,65-,66-,67+,68+,69+,70+,80+,81+,82-,83-/m1/s1. The van der Waals surface area contributed by atoms with Gasteiger partial charge in [-0.3, -0.25) is 5.41 Å². The van der Waals surface area contributed by atoms with Gasteiger partial charge in [0.2, 0.25) is 18.3 Å². The summed E-state index contributed by atoms with van der Waals surface area (Å²) in [5.41, 5.74) is 0.284. The average molecular weight is 1630 g/mol. The fraction of sp³-hybridized carbons (Fsp3) is 0.247. The normalized spacial score (nSPS) is 24.1. The van der Waals surface area contributed by atoms with Gasteiger partial charge in [0.25, 0.3) is 3.79 Å². The molecule has 0 bridgehead atoms. The molecular formula is C85H70Cl3NO26. The van der Waals surface area contributed by atoms with Crippen LogP contribution in [0.4, 0.5) is 0 Å². The van der Waals surface area contributed by atoms with Gasteiger partial charge in [-0.15, -0.1) is 0 Å². The number of rotatable bonds is 29. The molecule has 4 saturated heterocycles. The Balaban J connectivity index is 0.914. The molecule has 1 N–H and O–H groups in total. The maximum atomic E-state index is 15.0. The Morgan fingerprint density at radius 3 is 0.722 bits per heavy atom. The summed E-state index contributed by atoms with van der Waals surface area (Å²) in [5, 5.41) is 8.67. The van der Waals surface area contributed by atoms with E-state index in [2.05, 4.69) is 0 Å². The summed E-state index contributed by atoms with van der Waals surface area (Å²) in [5.74, 6) is -9.65. The predicted octanol–water partition coefficient (Wildman–Crippen LogP) is 12.0. The molecule has 4 fully saturated rings. The summed E-state index contributed by atoms with van der Waals surface area (Å²) >= 11 is 18.5. The van der Waals surface area contributed by atoms with Gasteiger partial charge in [0.1, 0.15) is 43.7 Å². The van der Waals surface area contributed by atoms with Crippen LogP contribution in [0.5, 0.6) is 0 Å². The SMILES string of the molecule is N=C(O[C@H]1O[C@H](CO[C@H]2O[C@H](CO[C@H]3O[C@H](COC(=O)c4ccccc4)[C@@H](OC(=O)c4ccccc4)[C@@H]3OC(=O)c3ccccc3)[C@@H](O[C@H]3O[C@H](COC(=O)c4ccccc4)[C@@H](OC(=O)c4ccccc4)[C@@H]3OC(=O)c3ccccc3)[C@@H]2OC(=O)c2ccccc2)[C@@H](OC(=O)c2ccccc2)[C@@H]1OC(=O)c1ccccc1)C(Cl)(Cl)Cl. The van der Waals surface area contributed by atoms with Crippen molar-refractivity contribution in [1.29, 1.82) is 5.41 Å². The lowest BCUT2D eigenvalue weighted by Gasteiger charge is -2.30. The minimum absolute atomic E-state index is 0.00242. The molecule has 9 aromatic rings. The number of nitrogens with one attached hydrogen (secondary N) is 1. The van der Waals surface area contributed by atoms with Crippen LogP contribution in [0.2, 0.25) is 0 Å². The fourth-order valence-electron chi connectivity index (χ4n) is 12.6. The summed E-state index contributed by atoms with van der Waals surface area (Å²) in [6.07, 6.45) is -28.8. The lowest BCUT2D eigenvalue weighted by molar-refractivity contribution is -0.228. The van der Waals surface area contributed by atoms with Crippen LogP contribution in [-0.4, -0.2) is 188 Å². The minimum atomic E-state index is -2.56. The van der Waals surface area contributed by atoms with Crippen molar-refractivity contribution in [3.63, 3.8) is 0 Å². The van der Waals surface area contributed by atoms with Crippen molar-refractivity contribution in [3.8, 4) is 0 Å². The highest BCUT2D eigenvalue weighted by molar-refractivity contribution is 6.76. The molecule has 115 heavy (non-hydrogen) atoms. The second-order valence-electron chi connectivity index (χ2n) is 26.0. The summed E-state index contributed by atoms with van der Waals surface area (Å²) in [7, 11) is 0. The van der Waals surface area contributed by atoms with Crippen LogP contribution in [0, 0.1) is 5.41 Å². The van der Waals surface area contributed by atoms with E-state index in [0.29, 0.717) is 0 Å². The number of alkyl halides is 3. The molecule has 0 aliphatic carbocycles. The Labute approximate surface area is 671 Å². The summed E-state index contributed by atoms with van der Waals surface area (Å²) in [6.45, 7) is -3.06. The van der Waals surface area contributed by atoms with Crippen molar-refractivity contribution in [2.45, 2.75) is 102 Å². The van der Waals surface area contributed by atoms with Gasteiger partial charge in [-0.05, 0) is 109 Å². The minimum Gasteiger partial charge on any atom is -0.459 e. The van der Waals surface area contributed by atoms with Crippen LogP contribution in [0.1, 0.15) is 93.2 Å². The molecule has 0 aromatic heterocycles. The smallest absolute Gasteiger partial charge is 0.338 e. The number of benzene rings is 9. The van der Waals surface area contributed by atoms with Crippen LogP contribution >= 0.6 is 34.8 Å². The third-order valence-corrected chi connectivity index (χ3v) is 18.8. The topological polar surface area (TPSA) is 334 Å². The highest BCUT2D eigenvalue weighted by atomic mass is 35.6. The number of halogens is 3. The number of carbonyl (C=O) groups is 9.